The number of hydrogen-bond acceptors (Lipinski definition) is 6. The standard InChI is InChI=1S/C15H15N5S/c1-18-14-12-6-2-3-7-13(12)19-15(20-14)21-10-11(9-17)5-4-8-16/h2-3,6-7,11H,4-5,10H2,1H3,(H,18,19,20)/t11-/m0/s1. The second-order valence-corrected chi connectivity index (χ2v) is 5.44. The van der Waals surface area contributed by atoms with Crippen molar-refractivity contribution in [2.75, 3.05) is 18.1 Å². The quantitative estimate of drug-likeness (QED) is 0.651. The van der Waals surface area contributed by atoms with E-state index >= 15 is 0 Å². The minimum Gasteiger partial charge on any atom is -0.372 e. The molecule has 1 atom stereocenters. The molecule has 0 spiro atoms. The Morgan fingerprint density at radius 3 is 2.81 bits per heavy atom. The molecule has 2 rings (SSSR count). The number of hydrogen-bond donors (Lipinski definition) is 1. The fraction of sp³-hybridized carbons (Fsp3) is 0.333. The van der Waals surface area contributed by atoms with E-state index in [1.165, 1.54) is 11.8 Å². The largest absolute Gasteiger partial charge is 0.372 e. The Hall–Kier alpha value is -2.31. The predicted molar refractivity (Wildman–Crippen MR) is 83.8 cm³/mol. The average molecular weight is 297 g/mol. The van der Waals surface area contributed by atoms with Crippen molar-refractivity contribution in [2.45, 2.75) is 18.0 Å². The van der Waals surface area contributed by atoms with Gasteiger partial charge in [-0.25, -0.2) is 9.97 Å². The first-order chi connectivity index (χ1) is 10.3. The molecule has 6 heteroatoms. The molecule has 0 unspecified atom stereocenters. The summed E-state index contributed by atoms with van der Waals surface area (Å²) in [7, 11) is 1.83. The number of aromatic nitrogens is 2. The van der Waals surface area contributed by atoms with Crippen molar-refractivity contribution in [3.63, 3.8) is 0 Å². The number of benzene rings is 1. The van der Waals surface area contributed by atoms with Crippen molar-refractivity contribution < 1.29 is 0 Å². The van der Waals surface area contributed by atoms with Crippen LogP contribution in [0.25, 0.3) is 10.9 Å². The third kappa shape index (κ3) is 3.84. The van der Waals surface area contributed by atoms with Gasteiger partial charge in [0, 0.05) is 24.6 Å². The first kappa shape index (κ1) is 15.1. The van der Waals surface area contributed by atoms with Crippen LogP contribution in [0.1, 0.15) is 12.8 Å². The van der Waals surface area contributed by atoms with Crippen LogP contribution in [0, 0.1) is 28.6 Å². The zero-order chi connectivity index (χ0) is 15.1. The summed E-state index contributed by atoms with van der Waals surface area (Å²) < 4.78 is 0. The van der Waals surface area contributed by atoms with E-state index in [1.807, 2.05) is 31.3 Å². The molecule has 106 valence electrons. The smallest absolute Gasteiger partial charge is 0.190 e. The fourth-order valence-corrected chi connectivity index (χ4v) is 2.82. The zero-order valence-electron chi connectivity index (χ0n) is 11.7. The Balaban J connectivity index is 2.16. The van der Waals surface area contributed by atoms with Gasteiger partial charge in [0.15, 0.2) is 5.16 Å². The van der Waals surface area contributed by atoms with Gasteiger partial charge in [0.05, 0.1) is 23.6 Å². The number of nitriles is 2. The van der Waals surface area contributed by atoms with Crippen molar-refractivity contribution in [1.82, 2.24) is 9.97 Å². The lowest BCUT2D eigenvalue weighted by atomic mass is 10.1. The van der Waals surface area contributed by atoms with Crippen LogP contribution in [-0.4, -0.2) is 22.8 Å². The number of fused-ring (bicyclic) bond motifs is 1. The van der Waals surface area contributed by atoms with Gasteiger partial charge < -0.3 is 5.32 Å². The van der Waals surface area contributed by atoms with Crippen LogP contribution in [0.4, 0.5) is 5.82 Å². The summed E-state index contributed by atoms with van der Waals surface area (Å²) in [6, 6.07) is 12.1. The lowest BCUT2D eigenvalue weighted by Crippen LogP contribution is -2.03. The van der Waals surface area contributed by atoms with E-state index in [0.29, 0.717) is 23.8 Å². The number of rotatable bonds is 6. The first-order valence-corrected chi connectivity index (χ1v) is 7.61. The van der Waals surface area contributed by atoms with Crippen molar-refractivity contribution in [3.8, 4) is 12.1 Å². The molecular formula is C15H15N5S. The van der Waals surface area contributed by atoms with E-state index in [0.717, 1.165) is 16.7 Å². The maximum Gasteiger partial charge on any atom is 0.190 e. The number of nitrogens with zero attached hydrogens (tertiary/aromatic N) is 4. The first-order valence-electron chi connectivity index (χ1n) is 6.62. The highest BCUT2D eigenvalue weighted by molar-refractivity contribution is 7.99. The predicted octanol–water partition coefficient (Wildman–Crippen LogP) is 3.21. The number of para-hydroxylation sites is 1. The second kappa shape index (κ2) is 7.47. The summed E-state index contributed by atoms with van der Waals surface area (Å²) in [5, 5.41) is 22.4. The zero-order valence-corrected chi connectivity index (χ0v) is 12.5. The topological polar surface area (TPSA) is 85.4 Å². The van der Waals surface area contributed by atoms with Crippen LogP contribution in [0.5, 0.6) is 0 Å². The summed E-state index contributed by atoms with van der Waals surface area (Å²) in [6.45, 7) is 0. The molecule has 1 N–H and O–H groups in total. The molecule has 0 aliphatic heterocycles. The molecule has 5 nitrogen and oxygen atoms in total. The lowest BCUT2D eigenvalue weighted by molar-refractivity contribution is 0.684. The normalized spacial score (nSPS) is 11.6. The maximum atomic E-state index is 9.08. The molecule has 0 bridgehead atoms. The van der Waals surface area contributed by atoms with E-state index in [4.69, 9.17) is 10.5 Å². The van der Waals surface area contributed by atoms with Gasteiger partial charge in [-0.3, -0.25) is 0 Å². The monoisotopic (exact) mass is 297 g/mol. The van der Waals surface area contributed by atoms with Crippen LogP contribution in [0.15, 0.2) is 29.4 Å². The molecular weight excluding hydrogens is 282 g/mol. The summed E-state index contributed by atoms with van der Waals surface area (Å²) in [6.07, 6.45) is 0.992. The third-order valence-corrected chi connectivity index (χ3v) is 4.03. The summed E-state index contributed by atoms with van der Waals surface area (Å²) >= 11 is 1.45. The Labute approximate surface area is 128 Å². The SMILES string of the molecule is CNc1nc(SC[C@H](C#N)CCC#N)nc2ccccc12. The van der Waals surface area contributed by atoms with Crippen molar-refractivity contribution in [3.05, 3.63) is 24.3 Å². The van der Waals surface area contributed by atoms with E-state index in [9.17, 15) is 0 Å². The minimum absolute atomic E-state index is 0.150. The highest BCUT2D eigenvalue weighted by Gasteiger charge is 2.11. The van der Waals surface area contributed by atoms with Gasteiger partial charge in [-0.2, -0.15) is 10.5 Å². The molecule has 21 heavy (non-hydrogen) atoms. The van der Waals surface area contributed by atoms with Gasteiger partial charge in [-0.05, 0) is 18.6 Å². The van der Waals surface area contributed by atoms with Gasteiger partial charge in [-0.15, -0.1) is 0 Å². The minimum atomic E-state index is -0.150. The van der Waals surface area contributed by atoms with Crippen LogP contribution in [0.2, 0.25) is 0 Å². The van der Waals surface area contributed by atoms with Crippen LogP contribution in [0.3, 0.4) is 0 Å². The average Bonchev–Trinajstić information content (AvgIpc) is 2.54. The van der Waals surface area contributed by atoms with E-state index in [-0.39, 0.29) is 5.92 Å². The fourth-order valence-electron chi connectivity index (χ4n) is 1.91. The van der Waals surface area contributed by atoms with Gasteiger partial charge in [-0.1, -0.05) is 23.9 Å². The summed E-state index contributed by atoms with van der Waals surface area (Å²) in [5.74, 6) is 1.23. The molecule has 0 amide bonds. The number of nitrogens with one attached hydrogen (secondary N) is 1. The molecule has 1 aromatic carbocycles. The van der Waals surface area contributed by atoms with Gasteiger partial charge in [0.2, 0.25) is 0 Å². The van der Waals surface area contributed by atoms with Crippen LogP contribution < -0.4 is 5.32 Å². The summed E-state index contributed by atoms with van der Waals surface area (Å²) in [4.78, 5) is 8.98. The van der Waals surface area contributed by atoms with Crippen molar-refractivity contribution in [1.29, 1.82) is 10.5 Å². The molecule has 1 aromatic heterocycles. The van der Waals surface area contributed by atoms with Crippen molar-refractivity contribution in [2.24, 2.45) is 5.92 Å². The van der Waals surface area contributed by atoms with Crippen LogP contribution in [-0.2, 0) is 0 Å². The molecule has 0 aliphatic carbocycles. The maximum absolute atomic E-state index is 9.08. The van der Waals surface area contributed by atoms with E-state index in [1.54, 1.807) is 0 Å². The molecule has 0 aliphatic rings. The Bertz CT molecular complexity index is 701. The van der Waals surface area contributed by atoms with Crippen molar-refractivity contribution >= 4 is 28.5 Å². The molecule has 0 radical (unpaired) electrons. The lowest BCUT2D eigenvalue weighted by Gasteiger charge is -2.09. The number of thioether (sulfide) groups is 1. The summed E-state index contributed by atoms with van der Waals surface area (Å²) in [5.41, 5.74) is 0.880. The van der Waals surface area contributed by atoms with E-state index in [2.05, 4.69) is 27.4 Å². The highest BCUT2D eigenvalue weighted by atomic mass is 32.2. The van der Waals surface area contributed by atoms with E-state index < -0.39 is 0 Å². The second-order valence-electron chi connectivity index (χ2n) is 4.46. The Morgan fingerprint density at radius 2 is 2.10 bits per heavy atom. The van der Waals surface area contributed by atoms with Gasteiger partial charge in [0.1, 0.15) is 5.82 Å². The molecule has 2 aromatic rings. The Kier molecular flexibility index (Phi) is 5.36. The van der Waals surface area contributed by atoms with Crippen LogP contribution >= 0.6 is 11.8 Å². The van der Waals surface area contributed by atoms with Gasteiger partial charge in [0.25, 0.3) is 0 Å². The van der Waals surface area contributed by atoms with Gasteiger partial charge >= 0.3 is 0 Å². The third-order valence-electron chi connectivity index (χ3n) is 3.02. The molecule has 0 fully saturated rings. The molecule has 0 saturated carbocycles. The Morgan fingerprint density at radius 1 is 1.29 bits per heavy atom. The molecule has 1 heterocycles. The number of anilines is 1. The molecule has 0 saturated heterocycles. The highest BCUT2D eigenvalue weighted by Crippen LogP contribution is 2.25.